The fraction of sp³-hybridized carbons (Fsp3) is 0.364. The van der Waals surface area contributed by atoms with Crippen LogP contribution in [0.5, 0.6) is 0 Å². The molecular weight excluding hydrogens is 340 g/mol. The van der Waals surface area contributed by atoms with Gasteiger partial charge in [-0.2, -0.15) is 0 Å². The number of carbonyl (C=O) groups excluding carboxylic acids is 2. The molecule has 5 nitrogen and oxygen atoms in total. The second-order valence-electron chi connectivity index (χ2n) is 7.07. The topological polar surface area (TPSA) is 58.6 Å². The van der Waals surface area contributed by atoms with Crippen molar-refractivity contribution in [3.05, 3.63) is 65.2 Å². The minimum Gasteiger partial charge on any atom is -0.465 e. The van der Waals surface area contributed by atoms with E-state index in [1.165, 1.54) is 18.2 Å². The Morgan fingerprint density at radius 3 is 2.56 bits per heavy atom. The van der Waals surface area contributed by atoms with Crippen molar-refractivity contribution in [1.29, 1.82) is 0 Å². The number of hydrogen-bond donors (Lipinski definition) is 1. The van der Waals surface area contributed by atoms with Gasteiger partial charge < -0.3 is 10.1 Å². The number of rotatable bonds is 5. The summed E-state index contributed by atoms with van der Waals surface area (Å²) in [6.07, 6.45) is 1.64. The number of nitrogens with one attached hydrogen (secondary N) is 1. The Morgan fingerprint density at radius 2 is 1.85 bits per heavy atom. The number of likely N-dealkylation sites (tertiary alicyclic amines) is 1. The number of carbonyl (C=O) groups is 2. The zero-order valence-electron chi connectivity index (χ0n) is 15.9. The van der Waals surface area contributed by atoms with E-state index in [1.54, 1.807) is 24.3 Å². The lowest BCUT2D eigenvalue weighted by Gasteiger charge is -2.31. The molecule has 2 aromatic carbocycles. The number of amides is 1. The Kier molecular flexibility index (Phi) is 6.24. The number of methoxy groups -OCH3 is 1. The highest BCUT2D eigenvalue weighted by atomic mass is 16.5. The molecule has 0 bridgehead atoms. The number of benzene rings is 2. The molecule has 1 heterocycles. The summed E-state index contributed by atoms with van der Waals surface area (Å²) in [7, 11) is 1.34. The maximum absolute atomic E-state index is 12.7. The van der Waals surface area contributed by atoms with Crippen LogP contribution in [0.15, 0.2) is 48.5 Å². The van der Waals surface area contributed by atoms with E-state index in [1.807, 2.05) is 0 Å². The van der Waals surface area contributed by atoms with Gasteiger partial charge in [0.25, 0.3) is 0 Å². The summed E-state index contributed by atoms with van der Waals surface area (Å²) in [6, 6.07) is 15.5. The smallest absolute Gasteiger partial charge is 0.339 e. The average molecular weight is 366 g/mol. The summed E-state index contributed by atoms with van der Waals surface area (Å²) in [4.78, 5) is 26.9. The minimum atomic E-state index is -0.445. The van der Waals surface area contributed by atoms with E-state index < -0.39 is 5.97 Å². The van der Waals surface area contributed by atoms with Gasteiger partial charge in [0, 0.05) is 12.5 Å². The van der Waals surface area contributed by atoms with Crippen molar-refractivity contribution < 1.29 is 14.3 Å². The highest BCUT2D eigenvalue weighted by molar-refractivity contribution is 6.01. The van der Waals surface area contributed by atoms with E-state index in [0.717, 1.165) is 32.5 Å². The van der Waals surface area contributed by atoms with Crippen LogP contribution in [-0.2, 0) is 16.1 Å². The second-order valence-corrected chi connectivity index (χ2v) is 7.07. The maximum atomic E-state index is 12.7. The van der Waals surface area contributed by atoms with E-state index in [9.17, 15) is 9.59 Å². The molecule has 142 valence electrons. The first-order chi connectivity index (χ1) is 13.1. The molecule has 0 radical (unpaired) electrons. The molecule has 5 heteroatoms. The van der Waals surface area contributed by atoms with Gasteiger partial charge in [0.15, 0.2) is 0 Å². The Labute approximate surface area is 160 Å². The van der Waals surface area contributed by atoms with E-state index in [4.69, 9.17) is 4.74 Å². The molecule has 0 spiro atoms. The third kappa shape index (κ3) is 4.95. The summed E-state index contributed by atoms with van der Waals surface area (Å²) in [5, 5.41) is 2.91. The molecular formula is C22H26N2O3. The zero-order chi connectivity index (χ0) is 19.2. The predicted molar refractivity (Wildman–Crippen MR) is 106 cm³/mol. The first-order valence-corrected chi connectivity index (χ1v) is 9.33. The molecule has 2 aromatic rings. The number of piperidine rings is 1. The number of nitrogens with zero attached hydrogens (tertiary/aromatic N) is 1. The number of para-hydroxylation sites is 1. The van der Waals surface area contributed by atoms with Gasteiger partial charge in [0.1, 0.15) is 0 Å². The Bertz CT molecular complexity index is 811. The molecule has 0 saturated carbocycles. The number of hydrogen-bond acceptors (Lipinski definition) is 4. The Hall–Kier alpha value is -2.66. The van der Waals surface area contributed by atoms with Crippen LogP contribution in [0.25, 0.3) is 0 Å². The number of ether oxygens (including phenoxy) is 1. The molecule has 27 heavy (non-hydrogen) atoms. The highest BCUT2D eigenvalue weighted by Crippen LogP contribution is 2.23. The fourth-order valence-electron chi connectivity index (χ4n) is 3.54. The standard InChI is InChI=1S/C22H26N2O3/c1-16-6-5-7-17(14-16)15-24-12-10-18(11-13-24)21(25)23-20-9-4-3-8-19(20)22(26)27-2/h3-9,14,18H,10-13,15H2,1-2H3,(H,23,25). The first-order valence-electron chi connectivity index (χ1n) is 9.33. The quantitative estimate of drug-likeness (QED) is 0.821. The van der Waals surface area contributed by atoms with Gasteiger partial charge in [-0.15, -0.1) is 0 Å². The van der Waals surface area contributed by atoms with Gasteiger partial charge in [0.05, 0.1) is 18.4 Å². The first kappa shape index (κ1) is 19.1. The van der Waals surface area contributed by atoms with Crippen LogP contribution in [0.4, 0.5) is 5.69 Å². The van der Waals surface area contributed by atoms with Crippen molar-refractivity contribution in [1.82, 2.24) is 4.90 Å². The molecule has 1 aliphatic heterocycles. The molecule has 1 aliphatic rings. The molecule has 0 unspecified atom stereocenters. The molecule has 0 atom stereocenters. The van der Waals surface area contributed by atoms with Gasteiger partial charge in [-0.1, -0.05) is 42.0 Å². The Morgan fingerprint density at radius 1 is 1.11 bits per heavy atom. The summed E-state index contributed by atoms with van der Waals surface area (Å²) >= 11 is 0. The lowest BCUT2D eigenvalue weighted by molar-refractivity contribution is -0.121. The van der Waals surface area contributed by atoms with Crippen LogP contribution in [-0.4, -0.2) is 37.0 Å². The molecule has 3 rings (SSSR count). The van der Waals surface area contributed by atoms with Crippen LogP contribution in [0, 0.1) is 12.8 Å². The summed E-state index contributed by atoms with van der Waals surface area (Å²) in [6.45, 7) is 4.81. The van der Waals surface area contributed by atoms with E-state index in [0.29, 0.717) is 11.3 Å². The van der Waals surface area contributed by atoms with Gasteiger partial charge >= 0.3 is 5.97 Å². The second kappa shape index (κ2) is 8.82. The predicted octanol–water partition coefficient (Wildman–Crippen LogP) is 3.63. The lowest BCUT2D eigenvalue weighted by Crippen LogP contribution is -2.37. The van der Waals surface area contributed by atoms with Crippen molar-refractivity contribution in [2.24, 2.45) is 5.92 Å². The largest absolute Gasteiger partial charge is 0.465 e. The SMILES string of the molecule is COC(=O)c1ccccc1NC(=O)C1CCN(Cc2cccc(C)c2)CC1. The highest BCUT2D eigenvalue weighted by Gasteiger charge is 2.26. The van der Waals surface area contributed by atoms with Crippen LogP contribution in [0.3, 0.4) is 0 Å². The van der Waals surface area contributed by atoms with Crippen molar-refractivity contribution >= 4 is 17.6 Å². The lowest BCUT2D eigenvalue weighted by atomic mass is 9.95. The monoisotopic (exact) mass is 366 g/mol. The molecule has 1 fully saturated rings. The molecule has 0 aliphatic carbocycles. The van der Waals surface area contributed by atoms with E-state index in [-0.39, 0.29) is 11.8 Å². The minimum absolute atomic E-state index is 0.0263. The number of esters is 1. The van der Waals surface area contributed by atoms with Crippen molar-refractivity contribution in [2.75, 3.05) is 25.5 Å². The molecule has 1 saturated heterocycles. The third-order valence-corrected chi connectivity index (χ3v) is 5.04. The maximum Gasteiger partial charge on any atom is 0.339 e. The number of aryl methyl sites for hydroxylation is 1. The van der Waals surface area contributed by atoms with Crippen LogP contribution in [0.2, 0.25) is 0 Å². The average Bonchev–Trinajstić information content (AvgIpc) is 2.68. The molecule has 0 aromatic heterocycles. The molecule has 1 N–H and O–H groups in total. The van der Waals surface area contributed by atoms with Crippen molar-refractivity contribution in [3.8, 4) is 0 Å². The fourth-order valence-corrected chi connectivity index (χ4v) is 3.54. The number of anilines is 1. The van der Waals surface area contributed by atoms with Gasteiger partial charge in [-0.3, -0.25) is 9.69 Å². The third-order valence-electron chi connectivity index (χ3n) is 5.04. The van der Waals surface area contributed by atoms with E-state index in [2.05, 4.69) is 41.4 Å². The van der Waals surface area contributed by atoms with Crippen LogP contribution >= 0.6 is 0 Å². The summed E-state index contributed by atoms with van der Waals surface area (Å²) in [5.74, 6) is -0.509. The Balaban J connectivity index is 1.55. The van der Waals surface area contributed by atoms with Gasteiger partial charge in [0.2, 0.25) is 5.91 Å². The molecule has 1 amide bonds. The zero-order valence-corrected chi connectivity index (χ0v) is 15.9. The van der Waals surface area contributed by atoms with Gasteiger partial charge in [-0.05, 0) is 50.6 Å². The van der Waals surface area contributed by atoms with E-state index >= 15 is 0 Å². The van der Waals surface area contributed by atoms with Crippen LogP contribution in [0.1, 0.15) is 34.3 Å². The normalized spacial score (nSPS) is 15.3. The van der Waals surface area contributed by atoms with Crippen molar-refractivity contribution in [3.63, 3.8) is 0 Å². The van der Waals surface area contributed by atoms with Crippen LogP contribution < -0.4 is 5.32 Å². The summed E-state index contributed by atoms with van der Waals surface area (Å²) < 4.78 is 4.79. The summed E-state index contributed by atoms with van der Waals surface area (Å²) in [5.41, 5.74) is 3.47. The van der Waals surface area contributed by atoms with Crippen molar-refractivity contribution in [2.45, 2.75) is 26.3 Å². The van der Waals surface area contributed by atoms with Gasteiger partial charge in [-0.25, -0.2) is 4.79 Å².